The molecule has 1 amide bonds. The Balaban J connectivity index is 1.62. The lowest BCUT2D eigenvalue weighted by atomic mass is 10.2. The molecule has 0 saturated carbocycles. The quantitative estimate of drug-likeness (QED) is 0.632. The van der Waals surface area contributed by atoms with Gasteiger partial charge in [-0.3, -0.25) is 4.79 Å². The fourth-order valence-electron chi connectivity index (χ4n) is 2.86. The monoisotopic (exact) mass is 360 g/mol. The molecule has 2 heterocycles. The predicted octanol–water partition coefficient (Wildman–Crippen LogP) is 3.23. The Morgan fingerprint density at radius 3 is 2.92 bits per heavy atom. The van der Waals surface area contributed by atoms with Crippen LogP contribution in [0.15, 0.2) is 24.3 Å². The molecule has 2 aromatic rings. The van der Waals surface area contributed by atoms with E-state index in [4.69, 9.17) is 16.3 Å². The van der Waals surface area contributed by atoms with Crippen LogP contribution in [-0.2, 0) is 11.2 Å². The number of benzene rings is 1. The van der Waals surface area contributed by atoms with Crippen molar-refractivity contribution in [1.29, 1.82) is 0 Å². The second-order valence-electron chi connectivity index (χ2n) is 5.82. The lowest BCUT2D eigenvalue weighted by Crippen LogP contribution is -2.39. The zero-order chi connectivity index (χ0) is 17.8. The van der Waals surface area contributed by atoms with E-state index in [-0.39, 0.29) is 12.5 Å². The van der Waals surface area contributed by atoms with Gasteiger partial charge in [-0.2, -0.15) is 0 Å². The highest BCUT2D eigenvalue weighted by Crippen LogP contribution is 2.31. The maximum Gasteiger partial charge on any atom is 0.265 e. The van der Waals surface area contributed by atoms with Crippen LogP contribution in [0.1, 0.15) is 24.7 Å². The van der Waals surface area contributed by atoms with Crippen molar-refractivity contribution in [2.75, 3.05) is 29.9 Å². The molecule has 0 atom stereocenters. The number of rotatable bonds is 6. The molecule has 0 aliphatic carbocycles. The minimum atomic E-state index is -0.0196. The first kappa shape index (κ1) is 17.5. The Bertz CT molecular complexity index is 782. The molecule has 1 aromatic heterocycles. The molecule has 1 aliphatic rings. The minimum Gasteiger partial charge on any atom is -0.482 e. The average molecular weight is 361 g/mol. The molecule has 7 heteroatoms. The molecule has 0 unspecified atom stereocenters. The van der Waals surface area contributed by atoms with Gasteiger partial charge in [0.1, 0.15) is 22.5 Å². The molecule has 0 bridgehead atoms. The van der Waals surface area contributed by atoms with E-state index >= 15 is 0 Å². The molecule has 0 radical (unpaired) electrons. The summed E-state index contributed by atoms with van der Waals surface area (Å²) in [5.41, 5.74) is 1.74. The highest BCUT2D eigenvalue weighted by atomic mass is 35.5. The van der Waals surface area contributed by atoms with Crippen molar-refractivity contribution in [2.24, 2.45) is 0 Å². The number of halogens is 1. The van der Waals surface area contributed by atoms with Crippen molar-refractivity contribution in [3.05, 3.63) is 40.8 Å². The van der Waals surface area contributed by atoms with Gasteiger partial charge in [-0.15, -0.1) is 0 Å². The fourth-order valence-corrected chi connectivity index (χ4v) is 3.21. The predicted molar refractivity (Wildman–Crippen MR) is 98.6 cm³/mol. The Hall–Kier alpha value is -2.34. The second kappa shape index (κ2) is 7.70. The number of fused-ring (bicyclic) bond motifs is 1. The molecule has 0 fully saturated rings. The molecule has 6 nitrogen and oxygen atoms in total. The normalized spacial score (nSPS) is 13.4. The number of hydrogen-bond donors (Lipinski definition) is 1. The largest absolute Gasteiger partial charge is 0.482 e. The summed E-state index contributed by atoms with van der Waals surface area (Å²) in [6.07, 6.45) is 1.54. The molecule has 132 valence electrons. The number of amides is 1. The number of ether oxygens (including phenoxy) is 1. The lowest BCUT2D eigenvalue weighted by molar-refractivity contribution is -0.121. The van der Waals surface area contributed by atoms with Crippen LogP contribution >= 0.6 is 11.6 Å². The zero-order valence-electron chi connectivity index (χ0n) is 14.4. The topological polar surface area (TPSA) is 67.4 Å². The summed E-state index contributed by atoms with van der Waals surface area (Å²) in [6, 6.07) is 7.60. The Morgan fingerprint density at radius 1 is 1.32 bits per heavy atom. The molecule has 25 heavy (non-hydrogen) atoms. The van der Waals surface area contributed by atoms with Crippen molar-refractivity contribution in [3.63, 3.8) is 0 Å². The van der Waals surface area contributed by atoms with Crippen molar-refractivity contribution in [3.8, 4) is 5.75 Å². The van der Waals surface area contributed by atoms with Gasteiger partial charge in [0, 0.05) is 18.7 Å². The average Bonchev–Trinajstić information content (AvgIpc) is 2.60. The number of aromatic nitrogens is 2. The number of carbonyl (C=O) groups is 1. The first-order valence-corrected chi connectivity index (χ1v) is 8.77. The van der Waals surface area contributed by atoms with Gasteiger partial charge in [0.2, 0.25) is 0 Å². The van der Waals surface area contributed by atoms with Crippen LogP contribution in [-0.4, -0.2) is 35.6 Å². The van der Waals surface area contributed by atoms with E-state index < -0.39 is 0 Å². The Labute approximate surface area is 152 Å². The van der Waals surface area contributed by atoms with Crippen LogP contribution in [0.3, 0.4) is 0 Å². The number of nitrogens with zero attached hydrogens (tertiary/aromatic N) is 3. The molecular formula is C18H21ClN4O2. The van der Waals surface area contributed by atoms with Gasteiger partial charge in [0.15, 0.2) is 6.61 Å². The Kier molecular flexibility index (Phi) is 5.38. The van der Waals surface area contributed by atoms with Crippen molar-refractivity contribution in [2.45, 2.75) is 26.7 Å². The fraction of sp³-hybridized carbons (Fsp3) is 0.389. The SMILES string of the molecule is CCc1c(Cl)nc(C)nc1NCCCN1C(=O)COc2ccccc21. The van der Waals surface area contributed by atoms with Gasteiger partial charge < -0.3 is 15.0 Å². The second-order valence-corrected chi connectivity index (χ2v) is 6.18. The third-order valence-corrected chi connectivity index (χ3v) is 4.39. The minimum absolute atomic E-state index is 0.0196. The zero-order valence-corrected chi connectivity index (χ0v) is 15.1. The third kappa shape index (κ3) is 3.85. The van der Waals surface area contributed by atoms with Gasteiger partial charge in [0.05, 0.1) is 5.69 Å². The first-order valence-electron chi connectivity index (χ1n) is 8.39. The van der Waals surface area contributed by atoms with Crippen LogP contribution < -0.4 is 15.0 Å². The summed E-state index contributed by atoms with van der Waals surface area (Å²) >= 11 is 6.19. The van der Waals surface area contributed by atoms with E-state index in [0.29, 0.717) is 24.1 Å². The van der Waals surface area contributed by atoms with E-state index in [2.05, 4.69) is 15.3 Å². The lowest BCUT2D eigenvalue weighted by Gasteiger charge is -2.29. The molecule has 0 spiro atoms. The first-order chi connectivity index (χ1) is 12.1. The summed E-state index contributed by atoms with van der Waals surface area (Å²) in [7, 11) is 0. The highest BCUT2D eigenvalue weighted by molar-refractivity contribution is 6.30. The van der Waals surface area contributed by atoms with Crippen molar-refractivity contribution >= 4 is 29.0 Å². The van der Waals surface area contributed by atoms with Gasteiger partial charge in [-0.05, 0) is 31.9 Å². The van der Waals surface area contributed by atoms with Gasteiger partial charge >= 0.3 is 0 Å². The van der Waals surface area contributed by atoms with Gasteiger partial charge in [-0.25, -0.2) is 9.97 Å². The maximum absolute atomic E-state index is 12.2. The van der Waals surface area contributed by atoms with Crippen LogP contribution in [0.5, 0.6) is 5.75 Å². The summed E-state index contributed by atoms with van der Waals surface area (Å²) < 4.78 is 5.46. The summed E-state index contributed by atoms with van der Waals surface area (Å²) in [5.74, 6) is 2.14. The number of aryl methyl sites for hydroxylation is 1. The molecule has 3 rings (SSSR count). The van der Waals surface area contributed by atoms with Crippen LogP contribution in [0.2, 0.25) is 5.15 Å². The molecule has 0 saturated heterocycles. The van der Waals surface area contributed by atoms with E-state index in [1.54, 1.807) is 4.90 Å². The van der Waals surface area contributed by atoms with E-state index in [1.807, 2.05) is 38.1 Å². The number of para-hydroxylation sites is 2. The van der Waals surface area contributed by atoms with Gasteiger partial charge in [-0.1, -0.05) is 30.7 Å². The molecule has 1 aromatic carbocycles. The maximum atomic E-state index is 12.2. The number of nitrogens with one attached hydrogen (secondary N) is 1. The van der Waals surface area contributed by atoms with Crippen LogP contribution in [0, 0.1) is 6.92 Å². The number of anilines is 2. The summed E-state index contributed by atoms with van der Waals surface area (Å²) in [5, 5.41) is 3.81. The highest BCUT2D eigenvalue weighted by Gasteiger charge is 2.24. The van der Waals surface area contributed by atoms with E-state index in [0.717, 1.165) is 35.7 Å². The Morgan fingerprint density at radius 2 is 2.12 bits per heavy atom. The molecular weight excluding hydrogens is 340 g/mol. The van der Waals surface area contributed by atoms with Crippen LogP contribution in [0.4, 0.5) is 11.5 Å². The molecule has 1 aliphatic heterocycles. The van der Waals surface area contributed by atoms with Crippen LogP contribution in [0.25, 0.3) is 0 Å². The molecule has 1 N–H and O–H groups in total. The third-order valence-electron chi connectivity index (χ3n) is 4.08. The number of carbonyl (C=O) groups excluding carboxylic acids is 1. The van der Waals surface area contributed by atoms with E-state index in [1.165, 1.54) is 0 Å². The standard InChI is InChI=1S/C18H21ClN4O2/c1-3-13-17(19)21-12(2)22-18(13)20-9-6-10-23-14-7-4-5-8-15(14)25-11-16(23)24/h4-5,7-8H,3,6,9-11H2,1-2H3,(H,20,21,22). The smallest absolute Gasteiger partial charge is 0.265 e. The summed E-state index contributed by atoms with van der Waals surface area (Å²) in [6.45, 7) is 5.23. The van der Waals surface area contributed by atoms with Crippen molar-refractivity contribution < 1.29 is 9.53 Å². The van der Waals surface area contributed by atoms with Gasteiger partial charge in [0.25, 0.3) is 5.91 Å². The van der Waals surface area contributed by atoms with E-state index in [9.17, 15) is 4.79 Å². The number of hydrogen-bond acceptors (Lipinski definition) is 5. The summed E-state index contributed by atoms with van der Waals surface area (Å²) in [4.78, 5) is 22.6. The van der Waals surface area contributed by atoms with Crippen molar-refractivity contribution in [1.82, 2.24) is 9.97 Å².